The summed E-state index contributed by atoms with van der Waals surface area (Å²) in [7, 11) is 0. The molecule has 6 heteroatoms. The first kappa shape index (κ1) is 19.2. The van der Waals surface area contributed by atoms with Crippen LogP contribution in [-0.4, -0.2) is 10.9 Å². The van der Waals surface area contributed by atoms with Gasteiger partial charge in [-0.2, -0.15) is 0 Å². The number of carbonyl (C=O) groups is 1. The Morgan fingerprint density at radius 1 is 1.04 bits per heavy atom. The van der Waals surface area contributed by atoms with Gasteiger partial charge in [-0.15, -0.1) is 0 Å². The van der Waals surface area contributed by atoms with E-state index in [9.17, 15) is 13.6 Å². The fourth-order valence-corrected chi connectivity index (χ4v) is 2.52. The Morgan fingerprint density at radius 3 is 2.57 bits per heavy atom. The van der Waals surface area contributed by atoms with E-state index in [0.29, 0.717) is 17.1 Å². The molecule has 1 amide bonds. The van der Waals surface area contributed by atoms with Gasteiger partial charge in [-0.1, -0.05) is 18.2 Å². The van der Waals surface area contributed by atoms with Gasteiger partial charge in [-0.25, -0.2) is 8.78 Å². The quantitative estimate of drug-likeness (QED) is 0.610. The van der Waals surface area contributed by atoms with Crippen molar-refractivity contribution in [3.05, 3.63) is 95.8 Å². The Labute approximate surface area is 161 Å². The van der Waals surface area contributed by atoms with E-state index in [-0.39, 0.29) is 11.9 Å². The lowest BCUT2D eigenvalue weighted by Gasteiger charge is -2.14. The van der Waals surface area contributed by atoms with Crippen molar-refractivity contribution in [1.82, 2.24) is 10.3 Å². The highest BCUT2D eigenvalue weighted by atomic mass is 19.2. The maximum Gasteiger partial charge on any atom is 0.244 e. The molecule has 0 aliphatic rings. The number of carbonyl (C=O) groups excluding carboxylic acids is 1. The summed E-state index contributed by atoms with van der Waals surface area (Å²) in [5.74, 6) is -0.927. The number of benzene rings is 2. The van der Waals surface area contributed by atoms with Gasteiger partial charge < -0.3 is 10.1 Å². The van der Waals surface area contributed by atoms with Gasteiger partial charge in [0.25, 0.3) is 0 Å². The molecular formula is C22H18F2N2O2. The number of hydrogen-bond donors (Lipinski definition) is 1. The molecule has 3 rings (SSSR count). The average Bonchev–Trinajstić information content (AvgIpc) is 2.70. The molecule has 0 radical (unpaired) electrons. The third-order valence-electron chi connectivity index (χ3n) is 3.97. The molecule has 1 heterocycles. The van der Waals surface area contributed by atoms with Crippen LogP contribution in [0.2, 0.25) is 0 Å². The van der Waals surface area contributed by atoms with Crippen LogP contribution in [0.3, 0.4) is 0 Å². The molecule has 0 bridgehead atoms. The molecule has 142 valence electrons. The molecule has 0 aliphatic carbocycles. The van der Waals surface area contributed by atoms with Crippen molar-refractivity contribution in [2.24, 2.45) is 0 Å². The van der Waals surface area contributed by atoms with Crippen LogP contribution >= 0.6 is 0 Å². The van der Waals surface area contributed by atoms with Gasteiger partial charge in [0.1, 0.15) is 11.5 Å². The predicted molar refractivity (Wildman–Crippen MR) is 103 cm³/mol. The second-order valence-corrected chi connectivity index (χ2v) is 6.09. The minimum atomic E-state index is -0.957. The first-order valence-electron chi connectivity index (χ1n) is 8.63. The van der Waals surface area contributed by atoms with Crippen LogP contribution in [0.15, 0.2) is 73.1 Å². The van der Waals surface area contributed by atoms with Crippen molar-refractivity contribution in [3.8, 4) is 11.5 Å². The van der Waals surface area contributed by atoms with Gasteiger partial charge in [0.05, 0.1) is 6.04 Å². The first-order chi connectivity index (χ1) is 13.5. The normalized spacial score (nSPS) is 12.0. The fourth-order valence-electron chi connectivity index (χ4n) is 2.52. The van der Waals surface area contributed by atoms with Crippen LogP contribution in [0.5, 0.6) is 11.5 Å². The third kappa shape index (κ3) is 5.23. The van der Waals surface area contributed by atoms with E-state index < -0.39 is 11.6 Å². The van der Waals surface area contributed by atoms with E-state index in [0.717, 1.165) is 17.7 Å². The number of pyridine rings is 1. The molecule has 3 aromatic rings. The second kappa shape index (κ2) is 8.90. The number of amides is 1. The molecule has 4 nitrogen and oxygen atoms in total. The molecule has 0 saturated heterocycles. The van der Waals surface area contributed by atoms with E-state index in [1.807, 2.05) is 31.2 Å². The molecular weight excluding hydrogens is 362 g/mol. The van der Waals surface area contributed by atoms with E-state index in [4.69, 9.17) is 4.74 Å². The lowest BCUT2D eigenvalue weighted by atomic mass is 10.1. The highest BCUT2D eigenvalue weighted by Gasteiger charge is 2.09. The Bertz CT molecular complexity index is 991. The monoisotopic (exact) mass is 380 g/mol. The highest BCUT2D eigenvalue weighted by Crippen LogP contribution is 2.24. The molecule has 2 aromatic carbocycles. The summed E-state index contributed by atoms with van der Waals surface area (Å²) < 4.78 is 31.9. The van der Waals surface area contributed by atoms with E-state index in [1.54, 1.807) is 24.5 Å². The zero-order chi connectivity index (χ0) is 19.9. The van der Waals surface area contributed by atoms with Gasteiger partial charge in [0.15, 0.2) is 11.6 Å². The number of ether oxygens (including phenoxy) is 1. The van der Waals surface area contributed by atoms with Gasteiger partial charge in [-0.3, -0.25) is 9.78 Å². The number of aromatic nitrogens is 1. The second-order valence-electron chi connectivity index (χ2n) is 6.09. The van der Waals surface area contributed by atoms with Crippen LogP contribution in [0.1, 0.15) is 24.1 Å². The Morgan fingerprint density at radius 2 is 1.82 bits per heavy atom. The van der Waals surface area contributed by atoms with Crippen LogP contribution in [0, 0.1) is 11.6 Å². The van der Waals surface area contributed by atoms with Crippen molar-refractivity contribution in [1.29, 1.82) is 0 Å². The summed E-state index contributed by atoms with van der Waals surface area (Å²) in [5, 5.41) is 2.82. The summed E-state index contributed by atoms with van der Waals surface area (Å²) in [6.45, 7) is 1.84. The topological polar surface area (TPSA) is 51.2 Å². The number of hydrogen-bond acceptors (Lipinski definition) is 3. The number of nitrogens with one attached hydrogen (secondary N) is 1. The van der Waals surface area contributed by atoms with Gasteiger partial charge >= 0.3 is 0 Å². The lowest BCUT2D eigenvalue weighted by Crippen LogP contribution is -2.24. The van der Waals surface area contributed by atoms with Gasteiger partial charge in [0, 0.05) is 18.5 Å². The van der Waals surface area contributed by atoms with Crippen molar-refractivity contribution in [2.45, 2.75) is 13.0 Å². The molecule has 0 unspecified atom stereocenters. The van der Waals surface area contributed by atoms with Gasteiger partial charge in [0.2, 0.25) is 5.91 Å². The van der Waals surface area contributed by atoms with Gasteiger partial charge in [-0.05, 0) is 60.5 Å². The smallest absolute Gasteiger partial charge is 0.244 e. The van der Waals surface area contributed by atoms with Crippen LogP contribution in [0.4, 0.5) is 8.78 Å². The zero-order valence-electron chi connectivity index (χ0n) is 15.1. The minimum absolute atomic E-state index is 0.275. The van der Waals surface area contributed by atoms with Crippen LogP contribution in [0.25, 0.3) is 6.08 Å². The standard InChI is InChI=1S/C22H18F2N2O2/c1-15(26-22(27)8-6-16-5-7-20(23)21(24)13-16)17-3-2-4-19(14-17)28-18-9-11-25-12-10-18/h2-15H,1H3,(H,26,27)/b8-6+/t15-/m0/s1. The lowest BCUT2D eigenvalue weighted by molar-refractivity contribution is -0.117. The molecule has 0 spiro atoms. The minimum Gasteiger partial charge on any atom is -0.457 e. The summed E-state index contributed by atoms with van der Waals surface area (Å²) in [6, 6.07) is 14.0. The number of nitrogens with zero attached hydrogens (tertiary/aromatic N) is 1. The van der Waals surface area contributed by atoms with Crippen molar-refractivity contribution in [3.63, 3.8) is 0 Å². The number of rotatable bonds is 6. The summed E-state index contributed by atoms with van der Waals surface area (Å²) in [6.07, 6.45) is 5.98. The zero-order valence-corrected chi connectivity index (χ0v) is 15.1. The maximum atomic E-state index is 13.2. The van der Waals surface area contributed by atoms with E-state index in [2.05, 4.69) is 10.3 Å². The highest BCUT2D eigenvalue weighted by molar-refractivity contribution is 5.91. The molecule has 0 saturated carbocycles. The largest absolute Gasteiger partial charge is 0.457 e. The molecule has 28 heavy (non-hydrogen) atoms. The average molecular weight is 380 g/mol. The summed E-state index contributed by atoms with van der Waals surface area (Å²) in [5.41, 5.74) is 1.26. The molecule has 1 atom stereocenters. The Balaban J connectivity index is 1.62. The molecule has 1 N–H and O–H groups in total. The fraction of sp³-hybridized carbons (Fsp3) is 0.0909. The predicted octanol–water partition coefficient (Wildman–Crippen LogP) is 5.04. The molecule has 0 aliphatic heterocycles. The first-order valence-corrected chi connectivity index (χ1v) is 8.63. The number of halogens is 2. The Kier molecular flexibility index (Phi) is 6.11. The summed E-state index contributed by atoms with van der Waals surface area (Å²) in [4.78, 5) is 16.1. The van der Waals surface area contributed by atoms with E-state index in [1.165, 1.54) is 18.2 Å². The van der Waals surface area contributed by atoms with E-state index >= 15 is 0 Å². The van der Waals surface area contributed by atoms with Crippen LogP contribution in [-0.2, 0) is 4.79 Å². The Hall–Kier alpha value is -3.54. The maximum absolute atomic E-state index is 13.2. The van der Waals surface area contributed by atoms with Crippen molar-refractivity contribution in [2.75, 3.05) is 0 Å². The third-order valence-corrected chi connectivity index (χ3v) is 3.97. The summed E-state index contributed by atoms with van der Waals surface area (Å²) >= 11 is 0. The van der Waals surface area contributed by atoms with Crippen molar-refractivity contribution < 1.29 is 18.3 Å². The van der Waals surface area contributed by atoms with Crippen molar-refractivity contribution >= 4 is 12.0 Å². The van der Waals surface area contributed by atoms with Crippen LogP contribution < -0.4 is 10.1 Å². The molecule has 0 fully saturated rings. The SMILES string of the molecule is C[C@H](NC(=O)/C=C/c1ccc(F)c(F)c1)c1cccc(Oc2ccncc2)c1. The molecule has 1 aromatic heterocycles.